The molecule has 0 saturated carbocycles. The number of aromatic nitrogens is 1. The Labute approximate surface area is 153 Å². The normalized spacial score (nSPS) is 20.2. The van der Waals surface area contributed by atoms with Crippen molar-refractivity contribution >= 4 is 23.2 Å². The number of piperidine rings is 1. The van der Waals surface area contributed by atoms with Crippen molar-refractivity contribution in [1.82, 2.24) is 14.8 Å². The van der Waals surface area contributed by atoms with Crippen LogP contribution < -0.4 is 0 Å². The van der Waals surface area contributed by atoms with Crippen LogP contribution in [0, 0.1) is 5.41 Å². The van der Waals surface area contributed by atoms with Crippen LogP contribution in [0.2, 0.25) is 0 Å². The van der Waals surface area contributed by atoms with Crippen molar-refractivity contribution in [3.63, 3.8) is 0 Å². The number of amides is 1. The predicted octanol–water partition coefficient (Wildman–Crippen LogP) is 2.61. The van der Waals surface area contributed by atoms with Crippen molar-refractivity contribution in [3.05, 3.63) is 16.6 Å². The zero-order valence-electron chi connectivity index (χ0n) is 14.5. The Morgan fingerprint density at radius 2 is 1.88 bits per heavy atom. The molecule has 0 radical (unpaired) electrons. The van der Waals surface area contributed by atoms with Gasteiger partial charge in [0.15, 0.2) is 0 Å². The number of alkyl halides is 3. The fraction of sp³-hybridized carbons (Fsp3) is 0.688. The molecule has 0 aliphatic carbocycles. The van der Waals surface area contributed by atoms with Gasteiger partial charge in [0.1, 0.15) is 5.01 Å². The van der Waals surface area contributed by atoms with E-state index in [-0.39, 0.29) is 5.41 Å². The standard InChI is InChI=1S/C14H21N3OS.C2HF3O2/c1-2-17-9-5-14(13(17)18)3-7-16(8-4-14)11-12-15-6-10-19-12;3-2(4,5)1(6)7/h6,10H,2-5,7-9,11H2,1H3;(H,6,7). The largest absolute Gasteiger partial charge is 0.490 e. The Morgan fingerprint density at radius 1 is 1.31 bits per heavy atom. The molecule has 2 aliphatic rings. The molecule has 6 nitrogen and oxygen atoms in total. The monoisotopic (exact) mass is 393 g/mol. The van der Waals surface area contributed by atoms with Gasteiger partial charge in [-0.2, -0.15) is 13.2 Å². The smallest absolute Gasteiger partial charge is 0.475 e. The third kappa shape index (κ3) is 4.94. The number of hydrogen-bond donors (Lipinski definition) is 1. The first-order valence-corrected chi connectivity index (χ1v) is 9.26. The number of carbonyl (C=O) groups excluding carboxylic acids is 1. The van der Waals surface area contributed by atoms with E-state index in [1.165, 1.54) is 5.01 Å². The van der Waals surface area contributed by atoms with Crippen LogP contribution in [0.25, 0.3) is 0 Å². The van der Waals surface area contributed by atoms with Crippen LogP contribution in [0.4, 0.5) is 13.2 Å². The summed E-state index contributed by atoms with van der Waals surface area (Å²) >= 11 is 1.72. The summed E-state index contributed by atoms with van der Waals surface area (Å²) in [5.41, 5.74) is -0.0324. The highest BCUT2D eigenvalue weighted by Gasteiger charge is 2.47. The van der Waals surface area contributed by atoms with Crippen LogP contribution in [-0.2, 0) is 16.1 Å². The molecule has 3 rings (SSSR count). The molecule has 1 aromatic rings. The third-order valence-electron chi connectivity index (χ3n) is 4.88. The van der Waals surface area contributed by atoms with Crippen molar-refractivity contribution < 1.29 is 27.9 Å². The second-order valence-electron chi connectivity index (χ2n) is 6.42. The Kier molecular flexibility index (Phi) is 6.62. The number of carboxylic acid groups (broad SMARTS) is 1. The van der Waals surface area contributed by atoms with E-state index in [1.807, 2.05) is 16.5 Å². The molecule has 1 N–H and O–H groups in total. The highest BCUT2D eigenvalue weighted by atomic mass is 32.1. The first-order chi connectivity index (χ1) is 12.2. The van der Waals surface area contributed by atoms with E-state index in [9.17, 15) is 18.0 Å². The van der Waals surface area contributed by atoms with Crippen molar-refractivity contribution in [3.8, 4) is 0 Å². The first kappa shape index (κ1) is 20.6. The third-order valence-corrected chi connectivity index (χ3v) is 5.65. The number of rotatable bonds is 3. The average molecular weight is 393 g/mol. The van der Waals surface area contributed by atoms with Gasteiger partial charge in [-0.25, -0.2) is 9.78 Å². The fourth-order valence-electron chi connectivity index (χ4n) is 3.32. The molecule has 2 fully saturated rings. The number of carbonyl (C=O) groups is 2. The van der Waals surface area contributed by atoms with Gasteiger partial charge < -0.3 is 10.0 Å². The van der Waals surface area contributed by atoms with Crippen molar-refractivity contribution in [2.24, 2.45) is 5.41 Å². The quantitative estimate of drug-likeness (QED) is 0.855. The maximum Gasteiger partial charge on any atom is 0.490 e. The van der Waals surface area contributed by atoms with E-state index in [4.69, 9.17) is 9.90 Å². The summed E-state index contributed by atoms with van der Waals surface area (Å²) in [5, 5.41) is 10.3. The molecule has 0 unspecified atom stereocenters. The van der Waals surface area contributed by atoms with E-state index in [0.29, 0.717) is 5.91 Å². The van der Waals surface area contributed by atoms with E-state index in [1.54, 1.807) is 11.3 Å². The molecule has 2 aliphatic heterocycles. The van der Waals surface area contributed by atoms with Crippen LogP contribution in [0.15, 0.2) is 11.6 Å². The topological polar surface area (TPSA) is 73.7 Å². The average Bonchev–Trinajstić information content (AvgIpc) is 3.19. The molecule has 1 spiro atoms. The van der Waals surface area contributed by atoms with Crippen LogP contribution in [0.5, 0.6) is 0 Å². The van der Waals surface area contributed by atoms with Gasteiger partial charge in [0.25, 0.3) is 0 Å². The highest BCUT2D eigenvalue weighted by molar-refractivity contribution is 7.09. The number of aliphatic carboxylic acids is 1. The molecule has 0 atom stereocenters. The Balaban J connectivity index is 0.000000298. The predicted molar refractivity (Wildman–Crippen MR) is 89.6 cm³/mol. The summed E-state index contributed by atoms with van der Waals surface area (Å²) in [6, 6.07) is 0. The first-order valence-electron chi connectivity index (χ1n) is 8.38. The van der Waals surface area contributed by atoms with Gasteiger partial charge in [0.05, 0.1) is 12.0 Å². The molecular weight excluding hydrogens is 371 g/mol. The molecule has 2 saturated heterocycles. The molecule has 146 valence electrons. The zero-order valence-corrected chi connectivity index (χ0v) is 15.3. The van der Waals surface area contributed by atoms with Crippen LogP contribution >= 0.6 is 11.3 Å². The number of nitrogens with zero attached hydrogens (tertiary/aromatic N) is 3. The number of halogens is 3. The summed E-state index contributed by atoms with van der Waals surface area (Å²) in [6.45, 7) is 6.91. The number of likely N-dealkylation sites (tertiary alicyclic amines) is 2. The van der Waals surface area contributed by atoms with Gasteiger partial charge in [0.2, 0.25) is 5.91 Å². The number of carboxylic acids is 1. The number of hydrogen-bond acceptors (Lipinski definition) is 5. The van der Waals surface area contributed by atoms with Gasteiger partial charge in [-0.15, -0.1) is 11.3 Å². The van der Waals surface area contributed by atoms with Crippen molar-refractivity contribution in [1.29, 1.82) is 0 Å². The molecule has 3 heterocycles. The second kappa shape index (κ2) is 8.34. The summed E-state index contributed by atoms with van der Waals surface area (Å²) in [4.78, 5) is 30.1. The van der Waals surface area contributed by atoms with Crippen LogP contribution in [-0.4, -0.2) is 64.1 Å². The number of thiazole rings is 1. The highest BCUT2D eigenvalue weighted by Crippen LogP contribution is 2.41. The lowest BCUT2D eigenvalue weighted by atomic mass is 9.77. The lowest BCUT2D eigenvalue weighted by Gasteiger charge is -2.37. The maximum atomic E-state index is 12.4. The SMILES string of the molecule is CCN1CCC2(CCN(Cc3nccs3)CC2)C1=O.O=C(O)C(F)(F)F. The minimum absolute atomic E-state index is 0.0324. The summed E-state index contributed by atoms with van der Waals surface area (Å²) < 4.78 is 31.7. The van der Waals surface area contributed by atoms with Crippen LogP contribution in [0.3, 0.4) is 0 Å². The van der Waals surface area contributed by atoms with E-state index < -0.39 is 12.1 Å². The van der Waals surface area contributed by atoms with Gasteiger partial charge in [0, 0.05) is 24.7 Å². The molecule has 1 amide bonds. The minimum atomic E-state index is -5.08. The van der Waals surface area contributed by atoms with Gasteiger partial charge >= 0.3 is 12.1 Å². The second-order valence-corrected chi connectivity index (χ2v) is 7.40. The van der Waals surface area contributed by atoms with Gasteiger partial charge in [-0.3, -0.25) is 9.69 Å². The molecule has 0 aromatic carbocycles. The van der Waals surface area contributed by atoms with E-state index >= 15 is 0 Å². The van der Waals surface area contributed by atoms with E-state index in [2.05, 4.69) is 16.8 Å². The van der Waals surface area contributed by atoms with Crippen molar-refractivity contribution in [2.75, 3.05) is 26.2 Å². The van der Waals surface area contributed by atoms with Crippen LogP contribution in [0.1, 0.15) is 31.2 Å². The van der Waals surface area contributed by atoms with Crippen molar-refractivity contribution in [2.45, 2.75) is 38.9 Å². The zero-order chi connectivity index (χ0) is 19.4. The van der Waals surface area contributed by atoms with Gasteiger partial charge in [-0.05, 0) is 39.3 Å². The Bertz CT molecular complexity index is 614. The molecule has 26 heavy (non-hydrogen) atoms. The van der Waals surface area contributed by atoms with Gasteiger partial charge in [-0.1, -0.05) is 0 Å². The molecule has 1 aromatic heterocycles. The summed E-state index contributed by atoms with van der Waals surface area (Å²) in [6.07, 6.45) is -0.114. The summed E-state index contributed by atoms with van der Waals surface area (Å²) in [7, 11) is 0. The molecule has 10 heteroatoms. The van der Waals surface area contributed by atoms with E-state index in [0.717, 1.165) is 52.0 Å². The molecule has 0 bridgehead atoms. The lowest BCUT2D eigenvalue weighted by molar-refractivity contribution is -0.192. The maximum absolute atomic E-state index is 12.4. The Hall–Kier alpha value is -1.68. The Morgan fingerprint density at radius 3 is 2.31 bits per heavy atom. The summed E-state index contributed by atoms with van der Waals surface area (Å²) in [5.74, 6) is -2.35. The lowest BCUT2D eigenvalue weighted by Crippen LogP contribution is -2.44. The fourth-order valence-corrected chi connectivity index (χ4v) is 3.98. The molecular formula is C16H22F3N3O3S. The minimum Gasteiger partial charge on any atom is -0.475 e.